The van der Waals surface area contributed by atoms with Crippen LogP contribution >= 0.6 is 8.03 Å². The average Bonchev–Trinajstić information content (AvgIpc) is 3.38. The molecule has 1 saturated carbocycles. The second kappa shape index (κ2) is 14.6. The van der Waals surface area contributed by atoms with Gasteiger partial charge in [-0.1, -0.05) is 12.1 Å². The quantitative estimate of drug-likeness (QED) is 0.235. The molecule has 2 amide bonds. The molecule has 1 atom stereocenters. The maximum Gasteiger partial charge on any atom is 0.421 e. The second-order valence-corrected chi connectivity index (χ2v) is 14.2. The van der Waals surface area contributed by atoms with Crippen LogP contribution in [0.25, 0.3) is 0 Å². The molecule has 1 saturated heterocycles. The van der Waals surface area contributed by atoms with Crippen molar-refractivity contribution < 1.29 is 37.0 Å². The SMILES string of the molecule is COc1cc(C[PH](=O)O)ccc1Nc1ncc(C(F)(F)F)c(Nc2ccc(C3CCC(N4CCN(C(C)=O)CC4)CC3)c3c2C(=O)N(C)C3)n1. The van der Waals surface area contributed by atoms with Gasteiger partial charge < -0.3 is 30.1 Å². The summed E-state index contributed by atoms with van der Waals surface area (Å²) >= 11 is 0. The Labute approximate surface area is 288 Å². The summed E-state index contributed by atoms with van der Waals surface area (Å²) in [6.45, 7) is 5.16. The first-order valence-corrected chi connectivity index (χ1v) is 18.2. The molecule has 2 aliphatic heterocycles. The van der Waals surface area contributed by atoms with Crippen molar-refractivity contribution in [2.75, 3.05) is 51.0 Å². The molecule has 6 rings (SSSR count). The van der Waals surface area contributed by atoms with Crippen molar-refractivity contribution in [1.82, 2.24) is 24.7 Å². The number of carbonyl (C=O) groups excluding carboxylic acids is 2. The number of nitrogens with zero attached hydrogens (tertiary/aromatic N) is 5. The fourth-order valence-corrected chi connectivity index (χ4v) is 7.90. The Morgan fingerprint density at radius 1 is 1.06 bits per heavy atom. The zero-order valence-corrected chi connectivity index (χ0v) is 29.1. The summed E-state index contributed by atoms with van der Waals surface area (Å²) in [7, 11) is 0.307. The molecule has 3 aromatic rings. The van der Waals surface area contributed by atoms with E-state index in [-0.39, 0.29) is 41.3 Å². The minimum absolute atomic E-state index is 0.0504. The number of carbonyl (C=O) groups is 2. The number of piperazine rings is 1. The molecule has 1 aromatic heterocycles. The van der Waals surface area contributed by atoms with Gasteiger partial charge in [0.15, 0.2) is 8.03 Å². The van der Waals surface area contributed by atoms with Gasteiger partial charge in [-0.05, 0) is 66.5 Å². The van der Waals surface area contributed by atoms with Gasteiger partial charge in [-0.25, -0.2) is 4.98 Å². The number of benzene rings is 2. The molecule has 3 aliphatic rings. The summed E-state index contributed by atoms with van der Waals surface area (Å²) in [5, 5.41) is 5.70. The Bertz CT molecular complexity index is 1790. The lowest BCUT2D eigenvalue weighted by Crippen LogP contribution is -2.52. The lowest BCUT2D eigenvalue weighted by atomic mass is 9.78. The van der Waals surface area contributed by atoms with E-state index in [1.165, 1.54) is 7.11 Å². The van der Waals surface area contributed by atoms with Gasteiger partial charge in [-0.2, -0.15) is 18.2 Å². The number of rotatable bonds is 9. The van der Waals surface area contributed by atoms with Crippen LogP contribution in [-0.4, -0.2) is 87.8 Å². The molecular weight excluding hydrogens is 674 g/mol. The van der Waals surface area contributed by atoms with Gasteiger partial charge in [-0.3, -0.25) is 19.1 Å². The zero-order valence-electron chi connectivity index (χ0n) is 28.1. The highest BCUT2D eigenvalue weighted by molar-refractivity contribution is 7.37. The van der Waals surface area contributed by atoms with Crippen LogP contribution < -0.4 is 15.4 Å². The normalized spacial score (nSPS) is 20.4. The Hall–Kier alpha value is -4.20. The van der Waals surface area contributed by atoms with Crippen LogP contribution in [0.2, 0.25) is 0 Å². The molecule has 1 unspecified atom stereocenters. The van der Waals surface area contributed by atoms with Gasteiger partial charge in [0.05, 0.1) is 24.0 Å². The van der Waals surface area contributed by atoms with Gasteiger partial charge in [0.2, 0.25) is 11.9 Å². The molecule has 3 N–H and O–H groups in total. The van der Waals surface area contributed by atoms with Crippen LogP contribution in [-0.2, 0) is 28.2 Å². The summed E-state index contributed by atoms with van der Waals surface area (Å²) in [6.07, 6.45) is -0.324. The lowest BCUT2D eigenvalue weighted by molar-refractivity contribution is -0.137. The number of aromatic nitrogens is 2. The molecule has 3 heterocycles. The first-order chi connectivity index (χ1) is 23.8. The number of anilines is 4. The maximum atomic E-state index is 14.2. The van der Waals surface area contributed by atoms with E-state index in [4.69, 9.17) is 4.74 Å². The Morgan fingerprint density at radius 3 is 2.40 bits per heavy atom. The van der Waals surface area contributed by atoms with Crippen molar-refractivity contribution in [2.45, 2.75) is 63.4 Å². The van der Waals surface area contributed by atoms with E-state index in [0.717, 1.165) is 63.0 Å². The number of halogens is 3. The van der Waals surface area contributed by atoms with Gasteiger partial charge in [-0.15, -0.1) is 0 Å². The summed E-state index contributed by atoms with van der Waals surface area (Å²) in [4.78, 5) is 48.5. The van der Waals surface area contributed by atoms with Crippen molar-refractivity contribution in [3.63, 3.8) is 0 Å². The zero-order chi connectivity index (χ0) is 35.7. The van der Waals surface area contributed by atoms with Crippen molar-refractivity contribution in [2.24, 2.45) is 0 Å². The monoisotopic (exact) mass is 715 g/mol. The van der Waals surface area contributed by atoms with Crippen molar-refractivity contribution in [3.8, 4) is 5.75 Å². The minimum atomic E-state index is -4.79. The van der Waals surface area contributed by atoms with Crippen LogP contribution in [0.3, 0.4) is 0 Å². The van der Waals surface area contributed by atoms with Crippen LogP contribution in [0, 0.1) is 0 Å². The highest BCUT2D eigenvalue weighted by Crippen LogP contribution is 2.43. The van der Waals surface area contributed by atoms with E-state index in [1.54, 1.807) is 43.1 Å². The van der Waals surface area contributed by atoms with E-state index < -0.39 is 25.6 Å². The molecule has 2 fully saturated rings. The lowest BCUT2D eigenvalue weighted by Gasteiger charge is -2.42. The van der Waals surface area contributed by atoms with Crippen molar-refractivity contribution >= 4 is 43.0 Å². The molecule has 0 spiro atoms. The van der Waals surface area contributed by atoms with Crippen LogP contribution in [0.1, 0.15) is 71.1 Å². The first-order valence-electron chi connectivity index (χ1n) is 16.6. The second-order valence-electron chi connectivity index (χ2n) is 13.1. The minimum Gasteiger partial charge on any atom is -0.495 e. The number of fused-ring (bicyclic) bond motifs is 1. The van der Waals surface area contributed by atoms with Crippen LogP contribution in [0.4, 0.5) is 36.3 Å². The van der Waals surface area contributed by atoms with Gasteiger partial charge in [0, 0.05) is 65.1 Å². The van der Waals surface area contributed by atoms with Crippen LogP contribution in [0.15, 0.2) is 36.5 Å². The van der Waals surface area contributed by atoms with Gasteiger partial charge in [0.25, 0.3) is 5.91 Å². The third kappa shape index (κ3) is 7.59. The van der Waals surface area contributed by atoms with E-state index in [9.17, 15) is 32.2 Å². The summed E-state index contributed by atoms with van der Waals surface area (Å²) in [6, 6.07) is 8.75. The fraction of sp³-hybridized carbons (Fsp3) is 0.471. The first kappa shape index (κ1) is 35.6. The molecule has 2 aromatic carbocycles. The molecule has 50 heavy (non-hydrogen) atoms. The molecule has 1 aliphatic carbocycles. The van der Waals surface area contributed by atoms with Gasteiger partial charge >= 0.3 is 6.18 Å². The number of alkyl halides is 3. The largest absolute Gasteiger partial charge is 0.495 e. The maximum absolute atomic E-state index is 14.2. The topological polar surface area (TPSA) is 140 Å². The molecular formula is C34H41F3N7O5P. The smallest absolute Gasteiger partial charge is 0.421 e. The Kier molecular flexibility index (Phi) is 10.4. The summed E-state index contributed by atoms with van der Waals surface area (Å²) in [5.41, 5.74) is 2.23. The highest BCUT2D eigenvalue weighted by Gasteiger charge is 2.38. The fourth-order valence-electron chi connectivity index (χ4n) is 7.34. The number of hydrogen-bond acceptors (Lipinski definition) is 9. The Balaban J connectivity index is 1.24. The molecule has 0 radical (unpaired) electrons. The number of amides is 2. The molecule has 268 valence electrons. The predicted molar refractivity (Wildman–Crippen MR) is 183 cm³/mol. The van der Waals surface area contributed by atoms with E-state index in [0.29, 0.717) is 35.6 Å². The summed E-state index contributed by atoms with van der Waals surface area (Å²) < 4.78 is 59.4. The number of methoxy groups -OCH3 is 1. The highest BCUT2D eigenvalue weighted by atomic mass is 31.1. The standard InChI is InChI=1S/C34H41F3N7O5P/c1-20(45)43-12-14-44(15-13-43)23-7-5-22(6-8-23)24-9-11-28(30-25(24)18-42(2)32(30)46)39-31-26(34(35,36)37)17-38-33(41-31)40-27-10-4-21(19-50(47)48)16-29(27)49-3/h4,9-11,16-17,22-23,50H,5-8,12-15,18-19H2,1-3H3,(H,47,48)(H2,38,39,40,41). The van der Waals surface area contributed by atoms with E-state index >= 15 is 0 Å². The number of hydrogen-bond donors (Lipinski definition) is 3. The van der Waals surface area contributed by atoms with Gasteiger partial charge in [0.1, 0.15) is 17.1 Å². The summed E-state index contributed by atoms with van der Waals surface area (Å²) in [5.74, 6) is -0.347. The predicted octanol–water partition coefficient (Wildman–Crippen LogP) is 5.73. The molecule has 16 heteroatoms. The third-order valence-corrected chi connectivity index (χ3v) is 10.6. The molecule has 0 bridgehead atoms. The van der Waals surface area contributed by atoms with E-state index in [1.807, 2.05) is 11.0 Å². The van der Waals surface area contributed by atoms with Crippen molar-refractivity contribution in [1.29, 1.82) is 0 Å². The average molecular weight is 716 g/mol. The van der Waals surface area contributed by atoms with Crippen molar-refractivity contribution in [3.05, 3.63) is 64.3 Å². The Morgan fingerprint density at radius 2 is 1.76 bits per heavy atom. The number of nitrogens with one attached hydrogen (secondary N) is 2. The molecule has 12 nitrogen and oxygen atoms in total. The van der Waals surface area contributed by atoms with E-state index in [2.05, 4.69) is 25.5 Å². The van der Waals surface area contributed by atoms with Crippen LogP contribution in [0.5, 0.6) is 5.75 Å². The third-order valence-electron chi connectivity index (χ3n) is 9.93. The number of ether oxygens (including phenoxy) is 1.